The summed E-state index contributed by atoms with van der Waals surface area (Å²) in [6.45, 7) is 9.25. The molecule has 0 radical (unpaired) electrons. The van der Waals surface area contributed by atoms with Gasteiger partial charge < -0.3 is 15.5 Å². The van der Waals surface area contributed by atoms with Crippen LogP contribution < -0.4 is 10.6 Å². The maximum Gasteiger partial charge on any atom is 0.251 e. The molecule has 1 aromatic rings. The van der Waals surface area contributed by atoms with E-state index >= 15 is 0 Å². The van der Waals surface area contributed by atoms with Crippen molar-refractivity contribution in [1.82, 2.24) is 15.5 Å². The molecule has 0 spiro atoms. The molecular weight excluding hydrogens is 321 g/mol. The monoisotopic (exact) mass is 351 g/mol. The normalized spacial score (nSPS) is 13.0. The molecule has 0 saturated heterocycles. The smallest absolute Gasteiger partial charge is 0.251 e. The molecule has 140 valence electrons. The van der Waals surface area contributed by atoms with Crippen LogP contribution >= 0.6 is 0 Å². The number of nitrogens with one attached hydrogen (secondary N) is 2. The molecule has 0 fully saturated rings. The highest BCUT2D eigenvalue weighted by molar-refractivity contribution is 5.97. The fourth-order valence-electron chi connectivity index (χ4n) is 2.71. The standard InChI is InChI=1S/C19H30FN3O2/c1-13(2)16(18(25)21-11-19(3,4)12-23(5)6)22-17(24)14-7-9-15(20)10-8-14/h7-10,13,16H,11-12H2,1-6H3,(H,21,25)(H,22,24). The fraction of sp³-hybridized carbons (Fsp3) is 0.579. The second-order valence-electron chi connectivity index (χ2n) is 7.82. The van der Waals surface area contributed by atoms with Gasteiger partial charge in [-0.25, -0.2) is 4.39 Å². The summed E-state index contributed by atoms with van der Waals surface area (Å²) in [7, 11) is 3.98. The molecule has 0 aromatic heterocycles. The van der Waals surface area contributed by atoms with Crippen LogP contribution in [0.4, 0.5) is 4.39 Å². The van der Waals surface area contributed by atoms with E-state index in [1.807, 2.05) is 27.9 Å². The zero-order valence-corrected chi connectivity index (χ0v) is 16.0. The van der Waals surface area contributed by atoms with E-state index in [1.165, 1.54) is 24.3 Å². The number of rotatable bonds is 8. The van der Waals surface area contributed by atoms with Crippen LogP contribution in [0, 0.1) is 17.2 Å². The second-order valence-corrected chi connectivity index (χ2v) is 7.82. The third-order valence-electron chi connectivity index (χ3n) is 3.83. The van der Waals surface area contributed by atoms with Gasteiger partial charge >= 0.3 is 0 Å². The Hall–Kier alpha value is -1.95. The van der Waals surface area contributed by atoms with Gasteiger partial charge in [0.2, 0.25) is 5.91 Å². The molecular formula is C19H30FN3O2. The Bertz CT molecular complexity index is 583. The average Bonchev–Trinajstić information content (AvgIpc) is 2.49. The number of amides is 2. The van der Waals surface area contributed by atoms with Gasteiger partial charge in [0.05, 0.1) is 0 Å². The van der Waals surface area contributed by atoms with Crippen molar-refractivity contribution >= 4 is 11.8 Å². The van der Waals surface area contributed by atoms with Crippen molar-refractivity contribution in [2.75, 3.05) is 27.2 Å². The maximum absolute atomic E-state index is 13.0. The highest BCUT2D eigenvalue weighted by Crippen LogP contribution is 2.15. The minimum absolute atomic E-state index is 0.0682. The molecule has 0 saturated carbocycles. The van der Waals surface area contributed by atoms with Gasteiger partial charge in [0.25, 0.3) is 5.91 Å². The topological polar surface area (TPSA) is 61.4 Å². The SMILES string of the molecule is CC(C)C(NC(=O)c1ccc(F)cc1)C(=O)NCC(C)(C)CN(C)C. The number of carbonyl (C=O) groups excluding carboxylic acids is 2. The predicted molar refractivity (Wildman–Crippen MR) is 97.8 cm³/mol. The van der Waals surface area contributed by atoms with Crippen molar-refractivity contribution in [2.45, 2.75) is 33.7 Å². The van der Waals surface area contributed by atoms with Crippen LogP contribution in [0.5, 0.6) is 0 Å². The van der Waals surface area contributed by atoms with Crippen molar-refractivity contribution in [3.05, 3.63) is 35.6 Å². The van der Waals surface area contributed by atoms with E-state index in [4.69, 9.17) is 0 Å². The molecule has 0 aliphatic rings. The largest absolute Gasteiger partial charge is 0.354 e. The van der Waals surface area contributed by atoms with Crippen molar-refractivity contribution in [3.63, 3.8) is 0 Å². The zero-order valence-electron chi connectivity index (χ0n) is 16.0. The number of carbonyl (C=O) groups is 2. The molecule has 0 heterocycles. The van der Waals surface area contributed by atoms with Crippen LogP contribution in [0.15, 0.2) is 24.3 Å². The van der Waals surface area contributed by atoms with E-state index < -0.39 is 11.9 Å². The quantitative estimate of drug-likeness (QED) is 0.755. The Balaban J connectivity index is 2.71. The van der Waals surface area contributed by atoms with E-state index in [1.54, 1.807) is 0 Å². The molecule has 2 N–H and O–H groups in total. The average molecular weight is 351 g/mol. The van der Waals surface area contributed by atoms with Crippen molar-refractivity contribution in [2.24, 2.45) is 11.3 Å². The van der Waals surface area contributed by atoms with E-state index in [-0.39, 0.29) is 23.1 Å². The minimum atomic E-state index is -0.646. The summed E-state index contributed by atoms with van der Waals surface area (Å²) >= 11 is 0. The molecule has 5 nitrogen and oxygen atoms in total. The summed E-state index contributed by atoms with van der Waals surface area (Å²) < 4.78 is 13.0. The van der Waals surface area contributed by atoms with Crippen LogP contribution in [0.25, 0.3) is 0 Å². The second kappa shape index (κ2) is 8.94. The lowest BCUT2D eigenvalue weighted by Crippen LogP contribution is -2.52. The lowest BCUT2D eigenvalue weighted by atomic mass is 9.92. The Morgan fingerprint density at radius 2 is 1.72 bits per heavy atom. The fourth-order valence-corrected chi connectivity index (χ4v) is 2.71. The van der Waals surface area contributed by atoms with Crippen LogP contribution in [0.3, 0.4) is 0 Å². The lowest BCUT2D eigenvalue weighted by Gasteiger charge is -2.30. The van der Waals surface area contributed by atoms with Gasteiger partial charge in [-0.1, -0.05) is 27.7 Å². The van der Waals surface area contributed by atoms with Crippen LogP contribution in [0.1, 0.15) is 38.1 Å². The molecule has 1 rings (SSSR count). The summed E-state index contributed by atoms with van der Waals surface area (Å²) in [5, 5.41) is 5.68. The first kappa shape index (κ1) is 21.1. The first-order chi connectivity index (χ1) is 11.5. The van der Waals surface area contributed by atoms with Crippen LogP contribution in [0.2, 0.25) is 0 Å². The van der Waals surface area contributed by atoms with Gasteiger partial charge in [-0.2, -0.15) is 0 Å². The molecule has 1 aromatic carbocycles. The molecule has 25 heavy (non-hydrogen) atoms. The summed E-state index contributed by atoms with van der Waals surface area (Å²) in [4.78, 5) is 26.9. The van der Waals surface area contributed by atoms with Crippen molar-refractivity contribution in [3.8, 4) is 0 Å². The number of nitrogens with zero attached hydrogens (tertiary/aromatic N) is 1. The maximum atomic E-state index is 13.0. The van der Waals surface area contributed by atoms with Gasteiger partial charge in [-0.05, 0) is 49.7 Å². The zero-order chi connectivity index (χ0) is 19.2. The summed E-state index contributed by atoms with van der Waals surface area (Å²) in [5.41, 5.74) is 0.245. The van der Waals surface area contributed by atoms with Crippen molar-refractivity contribution < 1.29 is 14.0 Å². The van der Waals surface area contributed by atoms with Gasteiger partial charge in [0.1, 0.15) is 11.9 Å². The molecule has 0 aliphatic heterocycles. The molecule has 1 unspecified atom stereocenters. The number of benzene rings is 1. The minimum Gasteiger partial charge on any atom is -0.354 e. The summed E-state index contributed by atoms with van der Waals surface area (Å²) in [5.74, 6) is -1.07. The lowest BCUT2D eigenvalue weighted by molar-refractivity contribution is -0.124. The Morgan fingerprint density at radius 1 is 1.16 bits per heavy atom. The highest BCUT2D eigenvalue weighted by Gasteiger charge is 2.27. The third kappa shape index (κ3) is 7.22. The molecule has 0 bridgehead atoms. The highest BCUT2D eigenvalue weighted by atomic mass is 19.1. The Morgan fingerprint density at radius 3 is 2.20 bits per heavy atom. The van der Waals surface area contributed by atoms with E-state index in [2.05, 4.69) is 29.4 Å². The Kier molecular flexibility index (Phi) is 7.55. The van der Waals surface area contributed by atoms with Gasteiger partial charge in [0.15, 0.2) is 0 Å². The van der Waals surface area contributed by atoms with E-state index in [9.17, 15) is 14.0 Å². The number of hydrogen-bond acceptors (Lipinski definition) is 3. The summed E-state index contributed by atoms with van der Waals surface area (Å²) in [6.07, 6.45) is 0. The van der Waals surface area contributed by atoms with Gasteiger partial charge in [-0.15, -0.1) is 0 Å². The molecule has 1 atom stereocenters. The number of halogens is 1. The Labute approximate surface area is 150 Å². The molecule has 2 amide bonds. The molecule has 0 aliphatic carbocycles. The summed E-state index contributed by atoms with van der Waals surface area (Å²) in [6, 6.07) is 4.61. The van der Waals surface area contributed by atoms with Crippen LogP contribution in [-0.4, -0.2) is 49.9 Å². The van der Waals surface area contributed by atoms with Crippen molar-refractivity contribution in [1.29, 1.82) is 0 Å². The first-order valence-corrected chi connectivity index (χ1v) is 8.51. The van der Waals surface area contributed by atoms with Gasteiger partial charge in [0, 0.05) is 18.7 Å². The predicted octanol–water partition coefficient (Wildman–Crippen LogP) is 2.28. The van der Waals surface area contributed by atoms with E-state index in [0.717, 1.165) is 6.54 Å². The third-order valence-corrected chi connectivity index (χ3v) is 3.83. The molecule has 6 heteroatoms. The van der Waals surface area contributed by atoms with Gasteiger partial charge in [-0.3, -0.25) is 9.59 Å². The number of hydrogen-bond donors (Lipinski definition) is 2. The van der Waals surface area contributed by atoms with Crippen LogP contribution in [-0.2, 0) is 4.79 Å². The first-order valence-electron chi connectivity index (χ1n) is 8.51. The van der Waals surface area contributed by atoms with E-state index in [0.29, 0.717) is 12.1 Å².